The third kappa shape index (κ3) is 2.97. The number of nitrogens with zero attached hydrogens (tertiary/aromatic N) is 3. The molecule has 2 aromatic heterocycles. The molecule has 3 rings (SSSR count). The van der Waals surface area contributed by atoms with Crippen molar-refractivity contribution in [1.82, 2.24) is 14.3 Å². The smallest absolute Gasteiger partial charge is 0.228 e. The van der Waals surface area contributed by atoms with E-state index in [4.69, 9.17) is 15.1 Å². The predicted molar refractivity (Wildman–Crippen MR) is 92.5 cm³/mol. The molecule has 0 aliphatic rings. The molecule has 0 saturated heterocycles. The van der Waals surface area contributed by atoms with Crippen molar-refractivity contribution in [1.29, 1.82) is 0 Å². The van der Waals surface area contributed by atoms with Crippen LogP contribution < -0.4 is 0 Å². The zero-order valence-corrected chi connectivity index (χ0v) is 12.6. The summed E-state index contributed by atoms with van der Waals surface area (Å²) < 4.78 is 87.9. The lowest BCUT2D eigenvalue weighted by atomic mass is 10.1. The summed E-state index contributed by atoms with van der Waals surface area (Å²) in [5, 5.41) is 0. The van der Waals surface area contributed by atoms with Crippen LogP contribution in [0, 0.1) is 13.8 Å². The van der Waals surface area contributed by atoms with Crippen molar-refractivity contribution in [3.8, 4) is 11.3 Å². The molecule has 118 valence electrons. The average molecular weight is 318 g/mol. The maximum atomic E-state index is 13.0. The Labute approximate surface area is 151 Å². The van der Waals surface area contributed by atoms with E-state index in [1.807, 2.05) is 0 Å². The van der Waals surface area contributed by atoms with Crippen LogP contribution in [0.5, 0.6) is 0 Å². The molecule has 23 heavy (non-hydrogen) atoms. The Bertz CT molecular complexity index is 1270. The van der Waals surface area contributed by atoms with Gasteiger partial charge < -0.3 is 9.30 Å². The normalized spacial score (nSPS) is 19.7. The van der Waals surface area contributed by atoms with Gasteiger partial charge in [0.05, 0.1) is 21.9 Å². The fourth-order valence-electron chi connectivity index (χ4n) is 2.09. The summed E-state index contributed by atoms with van der Waals surface area (Å²) in [7, 11) is 0.922. The number of hydrogen-bond donors (Lipinski definition) is 0. The molecular formula is C19H21N3O. The summed E-state index contributed by atoms with van der Waals surface area (Å²) in [4.78, 5) is 17.5. The molecule has 0 fully saturated rings. The zero-order chi connectivity index (χ0) is 26.0. The average Bonchev–Trinajstić information content (AvgIpc) is 3.15. The molecular weight excluding hydrogens is 286 g/mol. The number of aromatic nitrogens is 2. The zero-order valence-electron chi connectivity index (χ0n) is 23.6. The Kier molecular flexibility index (Phi) is 1.76. The fourth-order valence-corrected chi connectivity index (χ4v) is 2.09. The Balaban J connectivity index is 2.40. The van der Waals surface area contributed by atoms with Crippen molar-refractivity contribution < 1.29 is 19.9 Å². The third-order valence-corrected chi connectivity index (χ3v) is 3.21. The maximum Gasteiger partial charge on any atom is 0.228 e. The monoisotopic (exact) mass is 318 g/mol. The largest absolute Gasteiger partial charge is 0.348 e. The molecule has 4 nitrogen and oxygen atoms in total. The lowest BCUT2D eigenvalue weighted by Crippen LogP contribution is -2.24. The fraction of sp³-hybridized carbons (Fsp3) is 0.263. The highest BCUT2D eigenvalue weighted by Crippen LogP contribution is 2.26. The molecule has 0 bridgehead atoms. The molecule has 0 unspecified atom stereocenters. The van der Waals surface area contributed by atoms with Crippen molar-refractivity contribution in [3.63, 3.8) is 0 Å². The SMILES string of the molecule is [2H]c1c(C)c([2H])n2c(C([2H])([2H])C(=O)N(C)C([2H])([2H])[2H])c(-c3ccc(C([2H])([2H])[2H])cc3)nc2c1[2H]. The molecule has 0 N–H and O–H groups in total. The maximum absolute atomic E-state index is 13.0. The van der Waals surface area contributed by atoms with Gasteiger partial charge in [-0.25, -0.2) is 4.98 Å². The van der Waals surface area contributed by atoms with Gasteiger partial charge in [-0.15, -0.1) is 0 Å². The van der Waals surface area contributed by atoms with Gasteiger partial charge in [0, 0.05) is 36.7 Å². The minimum absolute atomic E-state index is 0.00874. The van der Waals surface area contributed by atoms with E-state index >= 15 is 0 Å². The Hall–Kier alpha value is -2.62. The van der Waals surface area contributed by atoms with Gasteiger partial charge in [0.25, 0.3) is 0 Å². The number of fused-ring (bicyclic) bond motifs is 1. The van der Waals surface area contributed by atoms with Crippen LogP contribution in [0.3, 0.4) is 0 Å². The molecule has 1 amide bonds. The highest BCUT2D eigenvalue weighted by Gasteiger charge is 2.18. The summed E-state index contributed by atoms with van der Waals surface area (Å²) in [5.74, 6) is -1.42. The number of hydrogen-bond acceptors (Lipinski definition) is 2. The van der Waals surface area contributed by atoms with Gasteiger partial charge in [-0.3, -0.25) is 4.79 Å². The quantitative estimate of drug-likeness (QED) is 0.743. The van der Waals surface area contributed by atoms with E-state index in [1.54, 1.807) is 0 Å². The van der Waals surface area contributed by atoms with Crippen LogP contribution in [0.15, 0.2) is 42.5 Å². The Morgan fingerprint density at radius 1 is 1.35 bits per heavy atom. The standard InChI is InChI=1S/C19H21N3O/c1-13-5-8-15(9-6-13)19-16(11-18(23)21(3)4)22-12-14(2)7-10-17(22)20-19/h5-10,12H,11H2,1-4H3/i1D3,3D3,7D,10D,11D2,12D. The highest BCUT2D eigenvalue weighted by atomic mass is 16.2. The van der Waals surface area contributed by atoms with E-state index in [1.165, 1.54) is 31.2 Å². The van der Waals surface area contributed by atoms with Crippen LogP contribution in [-0.2, 0) is 11.2 Å². The first-order valence-electron chi connectivity index (χ1n) is 12.3. The van der Waals surface area contributed by atoms with E-state index < -0.39 is 44.0 Å². The van der Waals surface area contributed by atoms with Gasteiger partial charge in [-0.1, -0.05) is 35.9 Å². The summed E-state index contributed by atoms with van der Waals surface area (Å²) in [6.07, 6.45) is -3.41. The number of likely N-dealkylation sites (N-methyl/N-ethyl adjacent to an activating group) is 1. The number of aryl methyl sites for hydroxylation is 1. The molecule has 0 aliphatic carbocycles. The van der Waals surface area contributed by atoms with Gasteiger partial charge >= 0.3 is 0 Å². The number of carbonyl (C=O) groups is 1. The molecule has 0 radical (unpaired) electrons. The number of pyridine rings is 1. The van der Waals surface area contributed by atoms with E-state index in [9.17, 15) is 4.79 Å². The van der Waals surface area contributed by atoms with Crippen LogP contribution >= 0.6 is 0 Å². The second-order valence-corrected chi connectivity index (χ2v) is 5.02. The number of rotatable bonds is 3. The van der Waals surface area contributed by atoms with Crippen molar-refractivity contribution >= 4 is 11.6 Å². The van der Waals surface area contributed by atoms with Crippen LogP contribution in [0.2, 0.25) is 0 Å². The van der Waals surface area contributed by atoms with Crippen molar-refractivity contribution in [3.05, 3.63) is 59.3 Å². The van der Waals surface area contributed by atoms with Crippen LogP contribution in [0.1, 0.15) is 31.9 Å². The van der Waals surface area contributed by atoms with E-state index in [2.05, 4.69) is 4.98 Å². The Morgan fingerprint density at radius 3 is 2.83 bits per heavy atom. The molecule has 1 aromatic carbocycles. The lowest BCUT2D eigenvalue weighted by Gasteiger charge is -2.11. The van der Waals surface area contributed by atoms with Crippen LogP contribution in [0.25, 0.3) is 16.9 Å². The van der Waals surface area contributed by atoms with Gasteiger partial charge in [0.1, 0.15) is 5.65 Å². The van der Waals surface area contributed by atoms with Gasteiger partial charge in [-0.05, 0) is 25.4 Å². The minimum Gasteiger partial charge on any atom is -0.348 e. The van der Waals surface area contributed by atoms with E-state index in [0.717, 1.165) is 11.4 Å². The summed E-state index contributed by atoms with van der Waals surface area (Å²) in [6, 6.07) is 4.56. The molecule has 0 saturated carbocycles. The van der Waals surface area contributed by atoms with E-state index in [0.29, 0.717) is 0 Å². The predicted octanol–water partition coefficient (Wildman–Crippen LogP) is 3.25. The molecule has 0 atom stereocenters. The number of benzene rings is 1. The molecule has 2 heterocycles. The van der Waals surface area contributed by atoms with Gasteiger partial charge in [-0.2, -0.15) is 0 Å². The Morgan fingerprint density at radius 2 is 2.13 bits per heavy atom. The summed E-state index contributed by atoms with van der Waals surface area (Å²) in [5.41, 5.74) is -0.711. The first kappa shape index (κ1) is 6.87. The lowest BCUT2D eigenvalue weighted by molar-refractivity contribution is -0.128. The first-order valence-corrected chi connectivity index (χ1v) is 6.79. The molecule has 4 heteroatoms. The number of carbonyl (C=O) groups excluding carboxylic acids is 1. The highest BCUT2D eigenvalue weighted by molar-refractivity contribution is 5.81. The number of imidazole rings is 1. The molecule has 3 aromatic rings. The van der Waals surface area contributed by atoms with Crippen LogP contribution in [0.4, 0.5) is 0 Å². The van der Waals surface area contributed by atoms with E-state index in [-0.39, 0.29) is 39.0 Å². The third-order valence-electron chi connectivity index (χ3n) is 3.21. The van der Waals surface area contributed by atoms with Crippen molar-refractivity contribution in [2.24, 2.45) is 0 Å². The first-order chi connectivity index (χ1) is 15.4. The summed E-state index contributed by atoms with van der Waals surface area (Å²) >= 11 is 0. The molecule has 0 aliphatic heterocycles. The van der Waals surface area contributed by atoms with Gasteiger partial charge in [0.15, 0.2) is 0 Å². The topological polar surface area (TPSA) is 37.6 Å². The van der Waals surface area contributed by atoms with Gasteiger partial charge in [0.2, 0.25) is 5.91 Å². The molecule has 0 spiro atoms. The minimum atomic E-state index is -3.02. The second-order valence-electron chi connectivity index (χ2n) is 5.02. The van der Waals surface area contributed by atoms with Crippen molar-refractivity contribution in [2.75, 3.05) is 14.0 Å². The van der Waals surface area contributed by atoms with Crippen molar-refractivity contribution in [2.45, 2.75) is 20.1 Å². The summed E-state index contributed by atoms with van der Waals surface area (Å²) in [6.45, 7) is -3.95. The number of amides is 1. The second kappa shape index (κ2) is 5.88. The van der Waals surface area contributed by atoms with Crippen LogP contribution in [-0.4, -0.2) is 34.2 Å².